The molecule has 110 valence electrons. The van der Waals surface area contributed by atoms with Crippen LogP contribution in [-0.4, -0.2) is 49.9 Å². The largest absolute Gasteiger partial charge is 0.480 e. The highest BCUT2D eigenvalue weighted by molar-refractivity contribution is 5.81. The van der Waals surface area contributed by atoms with Crippen molar-refractivity contribution in [3.8, 4) is 0 Å². The smallest absolute Gasteiger partial charge is 0.333 e. The second-order valence-electron chi connectivity index (χ2n) is 3.97. The highest BCUT2D eigenvalue weighted by Gasteiger charge is 2.31. The summed E-state index contributed by atoms with van der Waals surface area (Å²) in [5, 5.41) is 32.7. The van der Waals surface area contributed by atoms with Crippen molar-refractivity contribution in [3.63, 3.8) is 0 Å². The van der Waals surface area contributed by atoms with Gasteiger partial charge in [0.1, 0.15) is 18.8 Å². The predicted molar refractivity (Wildman–Crippen MR) is 66.8 cm³/mol. The molecule has 0 aliphatic heterocycles. The Bertz CT molecular complexity index is 536. The molecular weight excluding hydrogens is 272 g/mol. The van der Waals surface area contributed by atoms with Crippen LogP contribution in [0.3, 0.4) is 0 Å². The van der Waals surface area contributed by atoms with Gasteiger partial charge in [0.2, 0.25) is 5.82 Å². The molecular formula is C10H14N4O6. The van der Waals surface area contributed by atoms with Gasteiger partial charge in [-0.2, -0.15) is 5.10 Å². The lowest BCUT2D eigenvalue weighted by Crippen LogP contribution is -2.36. The Morgan fingerprint density at radius 2 is 1.85 bits per heavy atom. The third-order valence-electron chi connectivity index (χ3n) is 2.50. The lowest BCUT2D eigenvalue weighted by Gasteiger charge is -2.20. The Balaban J connectivity index is 3.39. The molecule has 0 bridgehead atoms. The number of nitro groups is 1. The molecule has 0 aromatic carbocycles. The van der Waals surface area contributed by atoms with Crippen LogP contribution in [0.2, 0.25) is 0 Å². The van der Waals surface area contributed by atoms with E-state index in [2.05, 4.69) is 5.10 Å². The Morgan fingerprint density at radius 1 is 1.35 bits per heavy atom. The molecule has 0 spiro atoms. The van der Waals surface area contributed by atoms with Crippen molar-refractivity contribution < 1.29 is 24.7 Å². The van der Waals surface area contributed by atoms with Gasteiger partial charge >= 0.3 is 17.6 Å². The van der Waals surface area contributed by atoms with E-state index in [0.717, 1.165) is 4.90 Å². The van der Waals surface area contributed by atoms with Crippen molar-refractivity contribution in [1.29, 1.82) is 0 Å². The van der Waals surface area contributed by atoms with Gasteiger partial charge in [-0.1, -0.05) is 0 Å². The second-order valence-corrected chi connectivity index (χ2v) is 3.97. The van der Waals surface area contributed by atoms with E-state index in [9.17, 15) is 19.7 Å². The summed E-state index contributed by atoms with van der Waals surface area (Å²) < 4.78 is 1.22. The van der Waals surface area contributed by atoms with Gasteiger partial charge in [-0.25, -0.2) is 4.68 Å². The zero-order valence-corrected chi connectivity index (χ0v) is 10.9. The lowest BCUT2D eigenvalue weighted by atomic mass is 10.3. The van der Waals surface area contributed by atoms with Crippen molar-refractivity contribution in [1.82, 2.24) is 9.78 Å². The van der Waals surface area contributed by atoms with Crippen molar-refractivity contribution in [3.05, 3.63) is 15.8 Å². The van der Waals surface area contributed by atoms with Crippen LogP contribution in [-0.2, 0) is 16.1 Å². The van der Waals surface area contributed by atoms with Crippen LogP contribution < -0.4 is 4.90 Å². The Kier molecular flexibility index (Phi) is 4.62. The fourth-order valence-corrected chi connectivity index (χ4v) is 1.84. The van der Waals surface area contributed by atoms with Crippen LogP contribution >= 0.6 is 0 Å². The summed E-state index contributed by atoms with van der Waals surface area (Å²) in [6.45, 7) is 1.99. The van der Waals surface area contributed by atoms with E-state index in [1.54, 1.807) is 6.92 Å². The van der Waals surface area contributed by atoms with Gasteiger partial charge in [0.15, 0.2) is 0 Å². The average Bonchev–Trinajstić information content (AvgIpc) is 2.63. The zero-order chi connectivity index (χ0) is 15.4. The van der Waals surface area contributed by atoms with Crippen molar-refractivity contribution in [2.45, 2.75) is 20.4 Å². The summed E-state index contributed by atoms with van der Waals surface area (Å²) in [5.41, 5.74) is -0.276. The molecule has 0 saturated carbocycles. The number of aryl methyl sites for hydroxylation is 2. The molecule has 10 nitrogen and oxygen atoms in total. The fourth-order valence-electron chi connectivity index (χ4n) is 1.84. The van der Waals surface area contributed by atoms with Crippen molar-refractivity contribution in [2.24, 2.45) is 0 Å². The summed E-state index contributed by atoms with van der Waals surface area (Å²) in [6.07, 6.45) is 0. The van der Waals surface area contributed by atoms with E-state index in [-0.39, 0.29) is 23.7 Å². The minimum absolute atomic E-state index is 0.104. The molecule has 0 fully saturated rings. The first-order valence-electron chi connectivity index (χ1n) is 5.68. The summed E-state index contributed by atoms with van der Waals surface area (Å²) in [7, 11) is 0. The first-order valence-corrected chi connectivity index (χ1v) is 5.68. The normalized spacial score (nSPS) is 10.3. The number of carboxylic acids is 2. The molecule has 0 atom stereocenters. The van der Waals surface area contributed by atoms with Crippen molar-refractivity contribution >= 4 is 23.4 Å². The molecule has 10 heteroatoms. The van der Waals surface area contributed by atoms with Gasteiger partial charge < -0.3 is 15.1 Å². The predicted octanol–water partition coefficient (Wildman–Crippen LogP) is 0.0952. The number of nitrogens with zero attached hydrogens (tertiary/aromatic N) is 4. The Hall–Kier alpha value is -2.65. The molecule has 1 aromatic rings. The maximum Gasteiger partial charge on any atom is 0.333 e. The van der Waals surface area contributed by atoms with Gasteiger partial charge in [-0.15, -0.1) is 0 Å². The van der Waals surface area contributed by atoms with E-state index in [4.69, 9.17) is 10.2 Å². The molecule has 0 saturated heterocycles. The molecule has 0 aliphatic carbocycles. The van der Waals surface area contributed by atoms with E-state index >= 15 is 0 Å². The molecule has 2 N–H and O–H groups in total. The quantitative estimate of drug-likeness (QED) is 0.531. The molecule has 1 heterocycles. The number of hydrogen-bond acceptors (Lipinski definition) is 6. The minimum atomic E-state index is -1.29. The Morgan fingerprint density at radius 3 is 2.20 bits per heavy atom. The number of carbonyl (C=O) groups is 2. The SMILES string of the molecule is CCn1nc(C)c([N+](=O)[O-])c1N(CC(=O)O)CC(=O)O. The van der Waals surface area contributed by atoms with Crippen LogP contribution in [0, 0.1) is 17.0 Å². The van der Waals surface area contributed by atoms with Gasteiger partial charge in [-0.05, 0) is 13.8 Å². The molecule has 0 unspecified atom stereocenters. The molecule has 0 radical (unpaired) electrons. The molecule has 1 aromatic heterocycles. The standard InChI is InChI=1S/C10H14N4O6/c1-3-13-10(9(14(19)20)6(2)11-13)12(4-7(15)16)5-8(17)18/h3-5H2,1-2H3,(H,15,16)(H,17,18). The van der Waals surface area contributed by atoms with E-state index < -0.39 is 30.0 Å². The number of aliphatic carboxylic acids is 2. The number of aromatic nitrogens is 2. The van der Waals surface area contributed by atoms with Gasteiger partial charge in [0.05, 0.1) is 4.92 Å². The van der Waals surface area contributed by atoms with Crippen molar-refractivity contribution in [2.75, 3.05) is 18.0 Å². The fraction of sp³-hybridized carbons (Fsp3) is 0.500. The van der Waals surface area contributed by atoms with Crippen LogP contribution in [0.15, 0.2) is 0 Å². The van der Waals surface area contributed by atoms with Gasteiger partial charge in [0, 0.05) is 6.54 Å². The van der Waals surface area contributed by atoms with Gasteiger partial charge in [-0.3, -0.25) is 19.7 Å². The molecule has 1 rings (SSSR count). The summed E-state index contributed by atoms with van der Waals surface area (Å²) in [4.78, 5) is 32.9. The van der Waals surface area contributed by atoms with E-state index in [1.807, 2.05) is 0 Å². The first-order chi connectivity index (χ1) is 9.27. The number of anilines is 1. The summed E-state index contributed by atoms with van der Waals surface area (Å²) in [5.74, 6) is -2.69. The number of hydrogen-bond donors (Lipinski definition) is 2. The molecule has 0 amide bonds. The minimum Gasteiger partial charge on any atom is -0.480 e. The van der Waals surface area contributed by atoms with E-state index in [1.165, 1.54) is 11.6 Å². The van der Waals surface area contributed by atoms with E-state index in [0.29, 0.717) is 0 Å². The molecule has 20 heavy (non-hydrogen) atoms. The molecule has 0 aliphatic rings. The maximum absolute atomic E-state index is 11.1. The van der Waals surface area contributed by atoms with Crippen LogP contribution in [0.1, 0.15) is 12.6 Å². The zero-order valence-electron chi connectivity index (χ0n) is 10.9. The maximum atomic E-state index is 11.1. The van der Waals surface area contributed by atoms with Crippen LogP contribution in [0.5, 0.6) is 0 Å². The summed E-state index contributed by atoms with van der Waals surface area (Å²) in [6, 6.07) is 0. The average molecular weight is 286 g/mol. The van der Waals surface area contributed by atoms with Crippen LogP contribution in [0.4, 0.5) is 11.5 Å². The monoisotopic (exact) mass is 286 g/mol. The third-order valence-corrected chi connectivity index (χ3v) is 2.50. The topological polar surface area (TPSA) is 139 Å². The highest BCUT2D eigenvalue weighted by Crippen LogP contribution is 2.31. The number of carboxylic acid groups (broad SMARTS) is 2. The van der Waals surface area contributed by atoms with Gasteiger partial charge in [0.25, 0.3) is 0 Å². The summed E-state index contributed by atoms with van der Waals surface area (Å²) >= 11 is 0. The second kappa shape index (κ2) is 5.99. The number of rotatable bonds is 7. The van der Waals surface area contributed by atoms with Crippen LogP contribution in [0.25, 0.3) is 0 Å². The lowest BCUT2D eigenvalue weighted by molar-refractivity contribution is -0.384. The highest BCUT2D eigenvalue weighted by atomic mass is 16.6. The first kappa shape index (κ1) is 15.4. The third kappa shape index (κ3) is 3.22. The Labute approximate surface area is 113 Å².